The predicted molar refractivity (Wildman–Crippen MR) is 138 cm³/mol. The highest BCUT2D eigenvalue weighted by Crippen LogP contribution is 2.38. The summed E-state index contributed by atoms with van der Waals surface area (Å²) >= 11 is 0. The number of benzene rings is 2. The van der Waals surface area contributed by atoms with Crippen molar-refractivity contribution >= 4 is 11.6 Å². The molecule has 0 unspecified atom stereocenters. The summed E-state index contributed by atoms with van der Waals surface area (Å²) in [5.74, 6) is 0.110. The van der Waals surface area contributed by atoms with E-state index in [4.69, 9.17) is 18.9 Å². The van der Waals surface area contributed by atoms with Crippen molar-refractivity contribution in [3.8, 4) is 17.2 Å². The summed E-state index contributed by atoms with van der Waals surface area (Å²) in [6.07, 6.45) is -4.48. The number of ether oxygens (including phenoxy) is 4. The van der Waals surface area contributed by atoms with Crippen molar-refractivity contribution in [1.29, 1.82) is 0 Å². The molecule has 1 atom stereocenters. The van der Waals surface area contributed by atoms with Gasteiger partial charge in [0.25, 0.3) is 5.91 Å². The van der Waals surface area contributed by atoms with Gasteiger partial charge in [-0.3, -0.25) is 9.69 Å². The number of carbonyl (C=O) groups excluding carboxylic acids is 1. The van der Waals surface area contributed by atoms with Crippen LogP contribution < -0.4 is 14.4 Å². The third-order valence-corrected chi connectivity index (χ3v) is 7.32. The first-order valence-electron chi connectivity index (χ1n) is 13.0. The van der Waals surface area contributed by atoms with E-state index in [0.29, 0.717) is 60.2 Å². The molecule has 3 aliphatic rings. The highest BCUT2D eigenvalue weighted by atomic mass is 19.4. The van der Waals surface area contributed by atoms with Gasteiger partial charge in [-0.15, -0.1) is 0 Å². The molecule has 212 valence electrons. The average molecular weight is 559 g/mol. The van der Waals surface area contributed by atoms with Gasteiger partial charge >= 0.3 is 6.18 Å². The highest BCUT2D eigenvalue weighted by Gasteiger charge is 2.42. The van der Waals surface area contributed by atoms with Crippen molar-refractivity contribution in [2.24, 2.45) is 0 Å². The van der Waals surface area contributed by atoms with E-state index in [1.165, 1.54) is 9.58 Å². The largest absolute Gasteiger partial charge is 0.454 e. The molecule has 1 aromatic heterocycles. The van der Waals surface area contributed by atoms with Crippen molar-refractivity contribution in [1.82, 2.24) is 14.7 Å². The molecule has 9 nitrogen and oxygen atoms in total. The molecule has 3 aliphatic heterocycles. The first kappa shape index (κ1) is 26.6. The minimum atomic E-state index is -4.62. The molecule has 4 heterocycles. The van der Waals surface area contributed by atoms with Crippen LogP contribution in [-0.4, -0.2) is 66.0 Å². The van der Waals surface area contributed by atoms with E-state index in [9.17, 15) is 18.0 Å². The maximum atomic E-state index is 14.1. The second kappa shape index (κ2) is 9.79. The van der Waals surface area contributed by atoms with E-state index in [-0.39, 0.29) is 30.9 Å². The van der Waals surface area contributed by atoms with E-state index < -0.39 is 17.7 Å². The summed E-state index contributed by atoms with van der Waals surface area (Å²) in [4.78, 5) is 16.7. The maximum absolute atomic E-state index is 14.1. The average Bonchev–Trinajstić information content (AvgIpc) is 3.63. The minimum Gasteiger partial charge on any atom is -0.454 e. The number of anilines is 1. The molecular weight excluding hydrogens is 529 g/mol. The van der Waals surface area contributed by atoms with E-state index >= 15 is 0 Å². The Morgan fingerprint density at radius 2 is 1.95 bits per heavy atom. The molecular formula is C28H29F3N4O5. The SMILES string of the molecule is CN(C(=O)c1cccc(-n2nc(C(F)(F)F)c3c2CCN(C[C@@H]2COC(C)(C)O2)C3)c1)c1ccc2c(c1)OCO2. The van der Waals surface area contributed by atoms with E-state index in [0.717, 1.165) is 0 Å². The van der Waals surface area contributed by atoms with Crippen LogP contribution in [0.4, 0.5) is 18.9 Å². The van der Waals surface area contributed by atoms with Gasteiger partial charge < -0.3 is 23.8 Å². The zero-order valence-corrected chi connectivity index (χ0v) is 22.3. The Morgan fingerprint density at radius 1 is 1.15 bits per heavy atom. The van der Waals surface area contributed by atoms with Crippen LogP contribution in [0.1, 0.15) is 41.2 Å². The second-order valence-corrected chi connectivity index (χ2v) is 10.6. The van der Waals surface area contributed by atoms with E-state index in [1.54, 1.807) is 49.5 Å². The molecule has 0 saturated carbocycles. The lowest BCUT2D eigenvalue weighted by Crippen LogP contribution is -2.38. The third kappa shape index (κ3) is 5.02. The number of fused-ring (bicyclic) bond motifs is 2. The fourth-order valence-electron chi connectivity index (χ4n) is 5.39. The van der Waals surface area contributed by atoms with Crippen LogP contribution in [-0.2, 0) is 28.6 Å². The Morgan fingerprint density at radius 3 is 2.70 bits per heavy atom. The maximum Gasteiger partial charge on any atom is 0.435 e. The summed E-state index contributed by atoms with van der Waals surface area (Å²) in [5, 5.41) is 4.02. The van der Waals surface area contributed by atoms with Crippen LogP contribution in [0.25, 0.3) is 5.69 Å². The van der Waals surface area contributed by atoms with Crippen LogP contribution in [0, 0.1) is 0 Å². The van der Waals surface area contributed by atoms with Gasteiger partial charge in [-0.25, -0.2) is 4.68 Å². The zero-order valence-electron chi connectivity index (χ0n) is 22.3. The van der Waals surface area contributed by atoms with Crippen molar-refractivity contribution in [2.75, 3.05) is 38.4 Å². The van der Waals surface area contributed by atoms with Crippen LogP contribution in [0.5, 0.6) is 11.5 Å². The van der Waals surface area contributed by atoms with Gasteiger partial charge in [0.15, 0.2) is 23.0 Å². The van der Waals surface area contributed by atoms with Gasteiger partial charge in [0.2, 0.25) is 6.79 Å². The highest BCUT2D eigenvalue weighted by molar-refractivity contribution is 6.06. The number of amides is 1. The number of hydrogen-bond acceptors (Lipinski definition) is 7. The van der Waals surface area contributed by atoms with Crippen molar-refractivity contribution in [3.05, 3.63) is 65.0 Å². The minimum absolute atomic E-state index is 0.0932. The predicted octanol–water partition coefficient (Wildman–Crippen LogP) is 4.41. The summed E-state index contributed by atoms with van der Waals surface area (Å²) < 4.78 is 65.9. The molecule has 1 fully saturated rings. The summed E-state index contributed by atoms with van der Waals surface area (Å²) in [6, 6.07) is 11.7. The van der Waals surface area contributed by atoms with Crippen molar-refractivity contribution in [3.63, 3.8) is 0 Å². The van der Waals surface area contributed by atoms with Crippen LogP contribution in [0.2, 0.25) is 0 Å². The number of alkyl halides is 3. The van der Waals surface area contributed by atoms with E-state index in [2.05, 4.69) is 5.10 Å². The number of carbonyl (C=O) groups is 1. The molecule has 2 aromatic carbocycles. The molecule has 1 amide bonds. The lowest BCUT2D eigenvalue weighted by molar-refractivity contribution is -0.142. The molecule has 0 aliphatic carbocycles. The molecule has 3 aromatic rings. The monoisotopic (exact) mass is 558 g/mol. The van der Waals surface area contributed by atoms with Crippen molar-refractivity contribution in [2.45, 2.75) is 44.9 Å². The Bertz CT molecular complexity index is 1450. The first-order chi connectivity index (χ1) is 19.0. The summed E-state index contributed by atoms with van der Waals surface area (Å²) in [6.45, 7) is 5.24. The van der Waals surface area contributed by atoms with Gasteiger partial charge in [-0.2, -0.15) is 18.3 Å². The first-order valence-corrected chi connectivity index (χ1v) is 13.0. The lowest BCUT2D eigenvalue weighted by atomic mass is 10.0. The van der Waals surface area contributed by atoms with Crippen LogP contribution >= 0.6 is 0 Å². The molecule has 0 N–H and O–H groups in total. The molecule has 12 heteroatoms. The number of halogens is 3. The molecule has 40 heavy (non-hydrogen) atoms. The van der Waals surface area contributed by atoms with Gasteiger partial charge in [-0.1, -0.05) is 6.07 Å². The Kier molecular flexibility index (Phi) is 6.51. The fraction of sp³-hybridized carbons (Fsp3) is 0.429. The zero-order chi connectivity index (χ0) is 28.2. The Hall–Kier alpha value is -3.61. The van der Waals surface area contributed by atoms with Gasteiger partial charge in [0.05, 0.1) is 24.1 Å². The summed E-state index contributed by atoms with van der Waals surface area (Å²) in [5.41, 5.74) is 1.02. The van der Waals surface area contributed by atoms with Gasteiger partial charge in [-0.05, 0) is 44.2 Å². The molecule has 0 radical (unpaired) electrons. The third-order valence-electron chi connectivity index (χ3n) is 7.32. The molecule has 0 spiro atoms. The standard InChI is InChI=1S/C28H29F3N4O5/c1-27(2)39-15-20(40-27)13-34-10-9-22-21(14-34)25(28(29,30)31)32-35(22)19-6-4-5-17(11-19)26(36)33(3)18-7-8-23-24(12-18)38-16-37-23/h4-8,11-12,20H,9-10,13-16H2,1-3H3/t20-/m1/s1. The fourth-order valence-corrected chi connectivity index (χ4v) is 5.39. The van der Waals surface area contributed by atoms with Gasteiger partial charge in [0, 0.05) is 56.0 Å². The number of nitrogens with zero attached hydrogens (tertiary/aromatic N) is 4. The van der Waals surface area contributed by atoms with E-state index in [1.807, 2.05) is 18.7 Å². The van der Waals surface area contributed by atoms with Crippen LogP contribution in [0.15, 0.2) is 42.5 Å². The number of hydrogen-bond donors (Lipinski definition) is 0. The van der Waals surface area contributed by atoms with Crippen molar-refractivity contribution < 1.29 is 36.9 Å². The quantitative estimate of drug-likeness (QED) is 0.459. The van der Waals surface area contributed by atoms with Crippen LogP contribution in [0.3, 0.4) is 0 Å². The smallest absolute Gasteiger partial charge is 0.435 e. The molecule has 6 rings (SSSR count). The topological polar surface area (TPSA) is 78.3 Å². The lowest BCUT2D eigenvalue weighted by Gasteiger charge is -2.30. The molecule has 1 saturated heterocycles. The normalized spacial score (nSPS) is 20.0. The number of aromatic nitrogens is 2. The summed E-state index contributed by atoms with van der Waals surface area (Å²) in [7, 11) is 1.62. The van der Waals surface area contributed by atoms with Gasteiger partial charge in [0.1, 0.15) is 0 Å². The molecule has 0 bridgehead atoms. The Labute approximate surface area is 229 Å². The Balaban J connectivity index is 1.27. The second-order valence-electron chi connectivity index (χ2n) is 10.6. The number of rotatable bonds is 5.